The zero-order chi connectivity index (χ0) is 26.7. The minimum absolute atomic E-state index is 0.0338. The summed E-state index contributed by atoms with van der Waals surface area (Å²) in [7, 11) is 2.17. The van der Waals surface area contributed by atoms with E-state index in [4.69, 9.17) is 13.8 Å². The summed E-state index contributed by atoms with van der Waals surface area (Å²) < 4.78 is 16.6. The minimum Gasteiger partial charge on any atom is -0.381 e. The van der Waals surface area contributed by atoms with Crippen LogP contribution in [0.1, 0.15) is 129 Å². The molecule has 0 fully saturated rings. The van der Waals surface area contributed by atoms with Gasteiger partial charge in [-0.2, -0.15) is 0 Å². The summed E-state index contributed by atoms with van der Waals surface area (Å²) in [6.45, 7) is 6.63. The number of carbonyl (C=O) groups excluding carboxylic acids is 1. The third-order valence-electron chi connectivity index (χ3n) is 6.55. The minimum atomic E-state index is -1.89. The van der Waals surface area contributed by atoms with E-state index >= 15 is 0 Å². The van der Waals surface area contributed by atoms with Gasteiger partial charge in [-0.1, -0.05) is 110 Å². The molecule has 0 saturated heterocycles. The van der Waals surface area contributed by atoms with Crippen molar-refractivity contribution >= 4 is 14.4 Å². The summed E-state index contributed by atoms with van der Waals surface area (Å²) >= 11 is 0. The summed E-state index contributed by atoms with van der Waals surface area (Å²) in [4.78, 5) is 22.7. The molecule has 0 aromatic rings. The van der Waals surface area contributed by atoms with Gasteiger partial charge in [-0.05, 0) is 13.3 Å². The van der Waals surface area contributed by atoms with Crippen molar-refractivity contribution in [2.75, 3.05) is 47.1 Å². The highest BCUT2D eigenvalue weighted by Crippen LogP contribution is 2.33. The number of hydrogen-bond acceptors (Lipinski definition) is 5. The summed E-state index contributed by atoms with van der Waals surface area (Å²) in [5.74, 6) is 0.0814. The molecular formula is C29H61NO5P+. The quantitative estimate of drug-likeness (QED) is 0.0831. The molecule has 0 aromatic carbocycles. The molecule has 0 aliphatic carbocycles. The molecule has 2 N–H and O–H groups in total. The van der Waals surface area contributed by atoms with Gasteiger partial charge in [0.05, 0.1) is 27.3 Å². The second-order valence-corrected chi connectivity index (χ2v) is 11.8. The largest absolute Gasteiger partial charge is 0.381 e. The number of likely N-dealkylation sites (N-methyl/N-ethyl adjacent to an activating group) is 1. The molecule has 0 bridgehead atoms. The van der Waals surface area contributed by atoms with Crippen LogP contribution in [0.4, 0.5) is 0 Å². The second-order valence-electron chi connectivity index (χ2n) is 10.8. The van der Waals surface area contributed by atoms with Crippen LogP contribution in [0.15, 0.2) is 0 Å². The van der Waals surface area contributed by atoms with Crippen molar-refractivity contribution in [3.8, 4) is 0 Å². The standard InChI is InChI=1S/C29H60NO5P/c1-5-6-7-8-9-10-11-12-13-14-15-16-17-18-19-20-21-23-33-26-29(25-28(2)31)27-35-36(32)34-24-22-30(3)4/h29,32H,5-27H2,1-4H3/p+1. The Balaban J connectivity index is 3.51. The number of ether oxygens (including phenoxy) is 1. The Bertz CT molecular complexity index is 467. The van der Waals surface area contributed by atoms with E-state index in [-0.39, 0.29) is 18.3 Å². The van der Waals surface area contributed by atoms with Crippen LogP contribution < -0.4 is 4.90 Å². The number of rotatable bonds is 29. The summed E-state index contributed by atoms with van der Waals surface area (Å²) in [5.41, 5.74) is 0. The Morgan fingerprint density at radius 1 is 0.722 bits per heavy atom. The van der Waals surface area contributed by atoms with E-state index in [0.717, 1.165) is 19.6 Å². The van der Waals surface area contributed by atoms with E-state index in [1.165, 1.54) is 108 Å². The number of ketones is 1. The van der Waals surface area contributed by atoms with E-state index in [9.17, 15) is 9.69 Å². The zero-order valence-corrected chi connectivity index (χ0v) is 25.3. The predicted octanol–water partition coefficient (Wildman–Crippen LogP) is 6.65. The van der Waals surface area contributed by atoms with E-state index in [1.807, 2.05) is 14.1 Å². The molecule has 0 aromatic heterocycles. The number of nitrogens with one attached hydrogen (secondary N) is 1. The Morgan fingerprint density at radius 3 is 1.64 bits per heavy atom. The van der Waals surface area contributed by atoms with Crippen LogP contribution in [0.25, 0.3) is 0 Å². The van der Waals surface area contributed by atoms with Gasteiger partial charge < -0.3 is 28.4 Å². The molecule has 216 valence electrons. The van der Waals surface area contributed by atoms with Crippen LogP contribution in [0.3, 0.4) is 0 Å². The maximum absolute atomic E-state index is 11.5. The summed E-state index contributed by atoms with van der Waals surface area (Å²) in [5, 5.41) is 0. The molecule has 6 nitrogen and oxygen atoms in total. The van der Waals surface area contributed by atoms with Crippen molar-refractivity contribution in [3.05, 3.63) is 0 Å². The first-order valence-electron chi connectivity index (χ1n) is 15.1. The van der Waals surface area contributed by atoms with Gasteiger partial charge in [0.25, 0.3) is 0 Å². The van der Waals surface area contributed by atoms with Crippen molar-refractivity contribution in [1.29, 1.82) is 0 Å². The molecule has 0 spiro atoms. The Kier molecular flexibility index (Phi) is 27.8. The lowest BCUT2D eigenvalue weighted by atomic mass is 10.0. The molecule has 0 aliphatic rings. The van der Waals surface area contributed by atoms with Crippen LogP contribution in [0.5, 0.6) is 0 Å². The average Bonchev–Trinajstić information content (AvgIpc) is 2.83. The van der Waals surface area contributed by atoms with Gasteiger partial charge >= 0.3 is 8.60 Å². The van der Waals surface area contributed by atoms with Crippen LogP contribution in [-0.4, -0.2) is 57.7 Å². The molecule has 2 atom stereocenters. The van der Waals surface area contributed by atoms with Crippen LogP contribution in [-0.2, 0) is 18.6 Å². The Labute approximate surface area is 225 Å². The predicted molar refractivity (Wildman–Crippen MR) is 152 cm³/mol. The molecule has 0 amide bonds. The van der Waals surface area contributed by atoms with Gasteiger partial charge in [-0.3, -0.25) is 0 Å². The molecule has 0 saturated carbocycles. The zero-order valence-electron chi connectivity index (χ0n) is 24.4. The molecule has 0 heterocycles. The van der Waals surface area contributed by atoms with Crippen molar-refractivity contribution < 1.29 is 28.4 Å². The first-order valence-corrected chi connectivity index (χ1v) is 16.2. The third-order valence-corrected chi connectivity index (χ3v) is 7.32. The number of quaternary nitrogens is 1. The van der Waals surface area contributed by atoms with Gasteiger partial charge in [0, 0.05) is 18.9 Å². The van der Waals surface area contributed by atoms with Crippen molar-refractivity contribution in [2.45, 2.75) is 129 Å². The van der Waals surface area contributed by atoms with E-state index in [1.54, 1.807) is 6.92 Å². The number of Topliss-reactive ketones (excluding diaryl/α,β-unsaturated/α-hetero) is 1. The SMILES string of the molecule is CCCCCCCCCCCCCCCCCCCOCC(COP(O)OCC[NH+](C)C)CC(C)=O. The molecule has 2 unspecified atom stereocenters. The summed E-state index contributed by atoms with van der Waals surface area (Å²) in [6.07, 6.45) is 23.6. The van der Waals surface area contributed by atoms with Crippen LogP contribution >= 0.6 is 8.60 Å². The van der Waals surface area contributed by atoms with Crippen molar-refractivity contribution in [1.82, 2.24) is 0 Å². The second kappa shape index (κ2) is 27.9. The van der Waals surface area contributed by atoms with E-state index < -0.39 is 8.60 Å². The topological polar surface area (TPSA) is 69.4 Å². The lowest BCUT2D eigenvalue weighted by Crippen LogP contribution is -3.06. The maximum atomic E-state index is 11.5. The number of unbranched alkanes of at least 4 members (excludes halogenated alkanes) is 16. The summed E-state index contributed by atoms with van der Waals surface area (Å²) in [6, 6.07) is 0. The van der Waals surface area contributed by atoms with E-state index in [0.29, 0.717) is 19.6 Å². The highest BCUT2D eigenvalue weighted by Gasteiger charge is 2.16. The van der Waals surface area contributed by atoms with Crippen molar-refractivity contribution in [2.24, 2.45) is 5.92 Å². The van der Waals surface area contributed by atoms with Crippen LogP contribution in [0, 0.1) is 5.92 Å². The van der Waals surface area contributed by atoms with Crippen molar-refractivity contribution in [3.63, 3.8) is 0 Å². The normalized spacial score (nSPS) is 13.4. The molecular weight excluding hydrogens is 473 g/mol. The lowest BCUT2D eigenvalue weighted by Gasteiger charge is -2.18. The van der Waals surface area contributed by atoms with Crippen LogP contribution in [0.2, 0.25) is 0 Å². The molecule has 0 rings (SSSR count). The molecule has 0 radical (unpaired) electrons. The monoisotopic (exact) mass is 534 g/mol. The number of carbonyl (C=O) groups is 1. The van der Waals surface area contributed by atoms with Gasteiger partial charge in [0.1, 0.15) is 18.9 Å². The fourth-order valence-electron chi connectivity index (χ4n) is 4.29. The van der Waals surface area contributed by atoms with Gasteiger partial charge in [-0.15, -0.1) is 0 Å². The lowest BCUT2D eigenvalue weighted by molar-refractivity contribution is -0.858. The fourth-order valence-corrected chi connectivity index (χ4v) is 4.95. The number of hydrogen-bond donors (Lipinski definition) is 2. The molecule has 7 heteroatoms. The van der Waals surface area contributed by atoms with Gasteiger partial charge in [-0.25, -0.2) is 0 Å². The first kappa shape index (κ1) is 35.9. The molecule has 0 aliphatic heterocycles. The third kappa shape index (κ3) is 28.5. The highest BCUT2D eigenvalue weighted by molar-refractivity contribution is 7.40. The average molecular weight is 535 g/mol. The van der Waals surface area contributed by atoms with E-state index in [2.05, 4.69) is 6.92 Å². The maximum Gasteiger partial charge on any atom is 0.330 e. The Morgan fingerprint density at radius 2 is 1.19 bits per heavy atom. The highest BCUT2D eigenvalue weighted by atomic mass is 31.2. The molecule has 36 heavy (non-hydrogen) atoms. The van der Waals surface area contributed by atoms with Gasteiger partial charge in [0.2, 0.25) is 0 Å². The smallest absolute Gasteiger partial charge is 0.330 e. The Hall–Kier alpha value is -0.100. The fraction of sp³-hybridized carbons (Fsp3) is 0.966. The van der Waals surface area contributed by atoms with Gasteiger partial charge in [0.15, 0.2) is 0 Å². The first-order chi connectivity index (χ1) is 17.5.